The fraction of sp³-hybridized carbons (Fsp3) is 0.824. The van der Waals surface area contributed by atoms with Crippen molar-refractivity contribution in [2.45, 2.75) is 76.8 Å². The minimum atomic E-state index is -0.933. The molecule has 1 aliphatic carbocycles. The van der Waals surface area contributed by atoms with Crippen molar-refractivity contribution in [3.63, 3.8) is 0 Å². The van der Waals surface area contributed by atoms with Gasteiger partial charge in [-0.25, -0.2) is 4.79 Å². The number of likely N-dealkylation sites (tertiary alicyclic amines) is 1. The minimum absolute atomic E-state index is 0.0402. The third-order valence-corrected chi connectivity index (χ3v) is 4.95. The zero-order chi connectivity index (χ0) is 16.8. The number of rotatable bonds is 5. The van der Waals surface area contributed by atoms with E-state index < -0.39 is 12.0 Å². The first-order valence-electron chi connectivity index (χ1n) is 8.81. The fourth-order valence-corrected chi connectivity index (χ4v) is 3.64. The lowest BCUT2D eigenvalue weighted by Gasteiger charge is -2.34. The predicted molar refractivity (Wildman–Crippen MR) is 85.8 cm³/mol. The van der Waals surface area contributed by atoms with Crippen molar-refractivity contribution in [2.75, 3.05) is 6.54 Å². The summed E-state index contributed by atoms with van der Waals surface area (Å²) in [6, 6.07) is -0.967. The summed E-state index contributed by atoms with van der Waals surface area (Å²) in [5.74, 6) is -0.994. The van der Waals surface area contributed by atoms with Gasteiger partial charge < -0.3 is 15.3 Å². The highest BCUT2D eigenvalue weighted by Crippen LogP contribution is 2.24. The Bertz CT molecular complexity index is 446. The van der Waals surface area contributed by atoms with E-state index in [0.717, 1.165) is 38.5 Å². The Morgan fingerprint density at radius 2 is 1.74 bits per heavy atom. The number of amides is 2. The molecule has 0 spiro atoms. The van der Waals surface area contributed by atoms with Crippen LogP contribution < -0.4 is 5.32 Å². The van der Waals surface area contributed by atoms with Crippen LogP contribution in [0.25, 0.3) is 0 Å². The molecule has 0 aromatic heterocycles. The molecule has 2 atom stereocenters. The number of nitrogens with one attached hydrogen (secondary N) is 1. The first-order chi connectivity index (χ1) is 11.0. The van der Waals surface area contributed by atoms with Crippen LogP contribution >= 0.6 is 0 Å². The van der Waals surface area contributed by atoms with Gasteiger partial charge in [-0.15, -0.1) is 0 Å². The van der Waals surface area contributed by atoms with E-state index in [1.54, 1.807) is 0 Å². The second-order valence-electron chi connectivity index (χ2n) is 6.89. The maximum atomic E-state index is 12.4. The largest absolute Gasteiger partial charge is 0.480 e. The zero-order valence-corrected chi connectivity index (χ0v) is 13.9. The average Bonchev–Trinajstić information content (AvgIpc) is 2.55. The number of carbonyl (C=O) groups is 3. The number of piperidine rings is 1. The molecule has 2 fully saturated rings. The van der Waals surface area contributed by atoms with Crippen molar-refractivity contribution < 1.29 is 19.5 Å². The van der Waals surface area contributed by atoms with Crippen LogP contribution in [0.1, 0.15) is 64.7 Å². The molecule has 0 aromatic rings. The fourth-order valence-electron chi connectivity index (χ4n) is 3.64. The zero-order valence-electron chi connectivity index (χ0n) is 13.9. The lowest BCUT2D eigenvalue weighted by molar-refractivity contribution is -0.152. The Kier molecular flexibility index (Phi) is 6.42. The van der Waals surface area contributed by atoms with E-state index in [1.807, 2.05) is 6.92 Å². The lowest BCUT2D eigenvalue weighted by Crippen LogP contribution is -2.50. The Balaban J connectivity index is 1.83. The van der Waals surface area contributed by atoms with E-state index in [1.165, 1.54) is 11.3 Å². The molecule has 2 amide bonds. The lowest BCUT2D eigenvalue weighted by atomic mass is 9.88. The van der Waals surface area contributed by atoms with Crippen molar-refractivity contribution in [3.8, 4) is 0 Å². The molecule has 0 aromatic carbocycles. The quantitative estimate of drug-likeness (QED) is 0.809. The molecule has 130 valence electrons. The van der Waals surface area contributed by atoms with Crippen molar-refractivity contribution >= 4 is 17.8 Å². The summed E-state index contributed by atoms with van der Waals surface area (Å²) in [4.78, 5) is 37.3. The summed E-state index contributed by atoms with van der Waals surface area (Å²) in [7, 11) is 0. The molecule has 6 nitrogen and oxygen atoms in total. The van der Waals surface area contributed by atoms with Crippen LogP contribution in [-0.2, 0) is 14.4 Å². The Morgan fingerprint density at radius 1 is 1.09 bits per heavy atom. The highest BCUT2D eigenvalue weighted by atomic mass is 16.4. The van der Waals surface area contributed by atoms with Crippen LogP contribution in [0.5, 0.6) is 0 Å². The van der Waals surface area contributed by atoms with E-state index in [2.05, 4.69) is 5.32 Å². The van der Waals surface area contributed by atoms with Gasteiger partial charge in [0.15, 0.2) is 0 Å². The number of carboxylic acids is 1. The summed E-state index contributed by atoms with van der Waals surface area (Å²) in [5.41, 5.74) is 0. The number of aliphatic carboxylic acids is 1. The van der Waals surface area contributed by atoms with Gasteiger partial charge in [-0.05, 0) is 39.0 Å². The SMILES string of the molecule is CC(CC(=O)N1CCCCC1C(=O)O)NC(=O)C1CCCCC1. The van der Waals surface area contributed by atoms with Crippen molar-refractivity contribution in [1.29, 1.82) is 0 Å². The second kappa shape index (κ2) is 8.31. The van der Waals surface area contributed by atoms with Crippen LogP contribution in [0.4, 0.5) is 0 Å². The van der Waals surface area contributed by atoms with Crippen LogP contribution in [0.3, 0.4) is 0 Å². The molecule has 1 saturated heterocycles. The molecule has 2 aliphatic rings. The van der Waals surface area contributed by atoms with Gasteiger partial charge in [0.05, 0.1) is 0 Å². The molecule has 1 saturated carbocycles. The molecule has 6 heteroatoms. The van der Waals surface area contributed by atoms with Crippen LogP contribution in [0.15, 0.2) is 0 Å². The molecule has 2 rings (SSSR count). The van der Waals surface area contributed by atoms with Gasteiger partial charge in [-0.1, -0.05) is 19.3 Å². The highest BCUT2D eigenvalue weighted by molar-refractivity contribution is 5.85. The molecule has 23 heavy (non-hydrogen) atoms. The van der Waals surface area contributed by atoms with Crippen LogP contribution in [-0.4, -0.2) is 46.4 Å². The second-order valence-corrected chi connectivity index (χ2v) is 6.89. The maximum absolute atomic E-state index is 12.4. The normalized spacial score (nSPS) is 24.0. The number of carbonyl (C=O) groups excluding carboxylic acids is 2. The van der Waals surface area contributed by atoms with E-state index in [9.17, 15) is 19.5 Å². The molecule has 2 N–H and O–H groups in total. The first kappa shape index (κ1) is 17.8. The van der Waals surface area contributed by atoms with Gasteiger partial charge in [0, 0.05) is 24.9 Å². The average molecular weight is 324 g/mol. The predicted octanol–water partition coefficient (Wildman–Crippen LogP) is 1.93. The smallest absolute Gasteiger partial charge is 0.326 e. The summed E-state index contributed by atoms with van der Waals surface area (Å²) in [6.45, 7) is 2.32. The minimum Gasteiger partial charge on any atom is -0.480 e. The summed E-state index contributed by atoms with van der Waals surface area (Å²) >= 11 is 0. The molecule has 1 aliphatic heterocycles. The van der Waals surface area contributed by atoms with Gasteiger partial charge in [-0.3, -0.25) is 9.59 Å². The monoisotopic (exact) mass is 324 g/mol. The van der Waals surface area contributed by atoms with Crippen molar-refractivity contribution in [1.82, 2.24) is 10.2 Å². The van der Waals surface area contributed by atoms with Crippen LogP contribution in [0, 0.1) is 5.92 Å². The van der Waals surface area contributed by atoms with E-state index >= 15 is 0 Å². The Labute approximate surface area is 137 Å². The third kappa shape index (κ3) is 4.94. The van der Waals surface area contributed by atoms with E-state index in [4.69, 9.17) is 0 Å². The Morgan fingerprint density at radius 3 is 2.39 bits per heavy atom. The standard InChI is InChI=1S/C17H28N2O4/c1-12(18-16(21)13-7-3-2-4-8-13)11-15(20)19-10-6-5-9-14(19)17(22)23/h12-14H,2-11H2,1H3,(H,18,21)(H,22,23). The molecule has 2 unspecified atom stereocenters. The maximum Gasteiger partial charge on any atom is 0.326 e. The number of hydrogen-bond donors (Lipinski definition) is 2. The van der Waals surface area contributed by atoms with Gasteiger partial charge in [-0.2, -0.15) is 0 Å². The first-order valence-corrected chi connectivity index (χ1v) is 8.81. The summed E-state index contributed by atoms with van der Waals surface area (Å²) < 4.78 is 0. The van der Waals surface area contributed by atoms with E-state index in [-0.39, 0.29) is 30.2 Å². The van der Waals surface area contributed by atoms with Gasteiger partial charge in [0.2, 0.25) is 11.8 Å². The molecule has 1 heterocycles. The molecular formula is C17H28N2O4. The molecule has 0 bridgehead atoms. The summed E-state index contributed by atoms with van der Waals surface area (Å²) in [6.07, 6.45) is 7.63. The van der Waals surface area contributed by atoms with Crippen molar-refractivity contribution in [2.24, 2.45) is 5.92 Å². The van der Waals surface area contributed by atoms with Gasteiger partial charge in [0.1, 0.15) is 6.04 Å². The van der Waals surface area contributed by atoms with E-state index in [0.29, 0.717) is 13.0 Å². The summed E-state index contributed by atoms with van der Waals surface area (Å²) in [5, 5.41) is 12.2. The Hall–Kier alpha value is -1.59. The third-order valence-electron chi connectivity index (χ3n) is 4.95. The van der Waals surface area contributed by atoms with Crippen LogP contribution in [0.2, 0.25) is 0 Å². The topological polar surface area (TPSA) is 86.7 Å². The molecular weight excluding hydrogens is 296 g/mol. The highest BCUT2D eigenvalue weighted by Gasteiger charge is 2.32. The van der Waals surface area contributed by atoms with Gasteiger partial charge in [0.25, 0.3) is 0 Å². The number of carboxylic acid groups (broad SMARTS) is 1. The number of hydrogen-bond acceptors (Lipinski definition) is 3. The number of nitrogens with zero attached hydrogens (tertiary/aromatic N) is 1. The molecule has 0 radical (unpaired) electrons. The van der Waals surface area contributed by atoms with Crippen molar-refractivity contribution in [3.05, 3.63) is 0 Å². The van der Waals surface area contributed by atoms with Gasteiger partial charge >= 0.3 is 5.97 Å².